The molecule has 10 aromatic carbocycles. The summed E-state index contributed by atoms with van der Waals surface area (Å²) in [7, 11) is 0. The highest BCUT2D eigenvalue weighted by Crippen LogP contribution is 2.47. The van der Waals surface area contributed by atoms with E-state index in [0.717, 1.165) is 34.1 Å². The fourth-order valence-corrected chi connectivity index (χ4v) is 9.94. The molecule has 0 spiro atoms. The lowest BCUT2D eigenvalue weighted by Crippen LogP contribution is -2.11. The second kappa shape index (κ2) is 15.8. The van der Waals surface area contributed by atoms with Crippen molar-refractivity contribution in [2.45, 2.75) is 0 Å². The van der Waals surface area contributed by atoms with Crippen molar-refractivity contribution in [2.75, 3.05) is 9.80 Å². The molecule has 0 unspecified atom stereocenters. The fraction of sp³-hybridized carbons (Fsp3) is 0. The van der Waals surface area contributed by atoms with Gasteiger partial charge in [0.15, 0.2) is 0 Å². The van der Waals surface area contributed by atoms with Crippen LogP contribution in [-0.4, -0.2) is 0 Å². The van der Waals surface area contributed by atoms with Crippen LogP contribution in [0.15, 0.2) is 243 Å². The van der Waals surface area contributed by atoms with Crippen LogP contribution in [0.4, 0.5) is 34.1 Å². The van der Waals surface area contributed by atoms with E-state index in [-0.39, 0.29) is 0 Å². The highest BCUT2D eigenvalue weighted by molar-refractivity contribution is 7.25. The SMILES string of the molecule is c1ccc(-c2c(N(c3ccc(-c4ccccc4-c4ccc(N(c5ccccc5)c5ccccc5)cc4)cc3)c3ccc4c(c3)sc3ccccc34)ccc3ccccc23)cc1. The van der Waals surface area contributed by atoms with Gasteiger partial charge in [-0.3, -0.25) is 0 Å². The third-order valence-electron chi connectivity index (χ3n) is 11.7. The Morgan fingerprint density at radius 1 is 0.279 bits per heavy atom. The first kappa shape index (κ1) is 36.4. The van der Waals surface area contributed by atoms with Gasteiger partial charge in [-0.2, -0.15) is 0 Å². The predicted octanol–water partition coefficient (Wildman–Crippen LogP) is 17.1. The Morgan fingerprint density at radius 2 is 0.754 bits per heavy atom. The molecule has 3 heteroatoms. The first-order valence-corrected chi connectivity index (χ1v) is 21.6. The maximum absolute atomic E-state index is 2.44. The molecule has 11 rings (SSSR count). The molecule has 0 fully saturated rings. The normalized spacial score (nSPS) is 11.3. The van der Waals surface area contributed by atoms with Crippen LogP contribution >= 0.6 is 11.3 Å². The Hall–Kier alpha value is -7.72. The lowest BCUT2D eigenvalue weighted by Gasteiger charge is -2.29. The van der Waals surface area contributed by atoms with Crippen LogP contribution in [0.1, 0.15) is 0 Å². The highest BCUT2D eigenvalue weighted by Gasteiger charge is 2.21. The summed E-state index contributed by atoms with van der Waals surface area (Å²) in [5.41, 5.74) is 13.9. The van der Waals surface area contributed by atoms with Crippen LogP contribution in [-0.2, 0) is 0 Å². The minimum absolute atomic E-state index is 1.10. The molecule has 0 saturated carbocycles. The van der Waals surface area contributed by atoms with Gasteiger partial charge in [-0.25, -0.2) is 0 Å². The molecule has 11 aromatic rings. The van der Waals surface area contributed by atoms with Crippen molar-refractivity contribution in [3.63, 3.8) is 0 Å². The molecule has 61 heavy (non-hydrogen) atoms. The van der Waals surface area contributed by atoms with Gasteiger partial charge >= 0.3 is 0 Å². The maximum Gasteiger partial charge on any atom is 0.0546 e. The Morgan fingerprint density at radius 3 is 1.39 bits per heavy atom. The van der Waals surface area contributed by atoms with Gasteiger partial charge in [0.1, 0.15) is 0 Å². The van der Waals surface area contributed by atoms with E-state index in [4.69, 9.17) is 0 Å². The summed E-state index contributed by atoms with van der Waals surface area (Å²) in [5.74, 6) is 0. The van der Waals surface area contributed by atoms with Crippen molar-refractivity contribution in [1.29, 1.82) is 0 Å². The van der Waals surface area contributed by atoms with Crippen LogP contribution < -0.4 is 9.80 Å². The van der Waals surface area contributed by atoms with E-state index in [1.54, 1.807) is 0 Å². The molecule has 0 bridgehead atoms. The predicted molar refractivity (Wildman–Crippen MR) is 263 cm³/mol. The number of rotatable bonds is 9. The average molecular weight is 797 g/mol. The number of hydrogen-bond donors (Lipinski definition) is 0. The van der Waals surface area contributed by atoms with Crippen LogP contribution in [0.3, 0.4) is 0 Å². The number of nitrogens with zero attached hydrogens (tertiary/aromatic N) is 2. The van der Waals surface area contributed by atoms with E-state index in [1.165, 1.54) is 64.3 Å². The van der Waals surface area contributed by atoms with E-state index < -0.39 is 0 Å². The van der Waals surface area contributed by atoms with Gasteiger partial charge in [-0.15, -0.1) is 11.3 Å². The summed E-state index contributed by atoms with van der Waals surface area (Å²) in [6.45, 7) is 0. The second-order valence-electron chi connectivity index (χ2n) is 15.3. The monoisotopic (exact) mass is 796 g/mol. The Labute approximate surface area is 360 Å². The average Bonchev–Trinajstić information content (AvgIpc) is 3.71. The van der Waals surface area contributed by atoms with E-state index in [1.807, 2.05) is 11.3 Å². The molecule has 0 radical (unpaired) electrons. The molecule has 0 aliphatic heterocycles. The summed E-state index contributed by atoms with van der Waals surface area (Å²) in [6, 6.07) is 87.8. The minimum Gasteiger partial charge on any atom is -0.311 e. The summed E-state index contributed by atoms with van der Waals surface area (Å²) >= 11 is 1.86. The van der Waals surface area contributed by atoms with Gasteiger partial charge in [0.05, 0.1) is 5.69 Å². The third kappa shape index (κ3) is 6.81. The smallest absolute Gasteiger partial charge is 0.0546 e. The molecule has 0 amide bonds. The first-order chi connectivity index (χ1) is 30.3. The zero-order valence-corrected chi connectivity index (χ0v) is 34.2. The Balaban J connectivity index is 1.01. The maximum atomic E-state index is 2.44. The summed E-state index contributed by atoms with van der Waals surface area (Å²) in [6.07, 6.45) is 0. The summed E-state index contributed by atoms with van der Waals surface area (Å²) in [4.78, 5) is 4.75. The number of para-hydroxylation sites is 2. The molecule has 0 N–H and O–H groups in total. The molecular weight excluding hydrogens is 757 g/mol. The molecule has 288 valence electrons. The van der Waals surface area contributed by atoms with E-state index in [9.17, 15) is 0 Å². The van der Waals surface area contributed by atoms with Crippen molar-refractivity contribution in [3.05, 3.63) is 243 Å². The number of hydrogen-bond acceptors (Lipinski definition) is 3. The van der Waals surface area contributed by atoms with E-state index >= 15 is 0 Å². The van der Waals surface area contributed by atoms with Crippen LogP contribution in [0.25, 0.3) is 64.3 Å². The second-order valence-corrected chi connectivity index (χ2v) is 16.4. The number of benzene rings is 10. The largest absolute Gasteiger partial charge is 0.311 e. The Bertz CT molecular complexity index is 3240. The van der Waals surface area contributed by atoms with Crippen LogP contribution in [0.5, 0.6) is 0 Å². The highest BCUT2D eigenvalue weighted by atomic mass is 32.1. The quantitative estimate of drug-likeness (QED) is 0.144. The lowest BCUT2D eigenvalue weighted by atomic mass is 9.93. The van der Waals surface area contributed by atoms with Crippen molar-refractivity contribution in [3.8, 4) is 33.4 Å². The molecule has 0 aliphatic carbocycles. The van der Waals surface area contributed by atoms with Crippen molar-refractivity contribution >= 4 is 76.4 Å². The van der Waals surface area contributed by atoms with Gasteiger partial charge in [0.2, 0.25) is 0 Å². The molecule has 1 aromatic heterocycles. The number of fused-ring (bicyclic) bond motifs is 4. The molecule has 0 atom stereocenters. The summed E-state index contributed by atoms with van der Waals surface area (Å²) < 4.78 is 2.58. The third-order valence-corrected chi connectivity index (χ3v) is 12.8. The molecular formula is C58H40N2S. The molecule has 2 nitrogen and oxygen atoms in total. The molecule has 0 aliphatic rings. The summed E-state index contributed by atoms with van der Waals surface area (Å²) in [5, 5.41) is 5.04. The number of thiophene rings is 1. The van der Waals surface area contributed by atoms with Gasteiger partial charge in [-0.05, 0) is 111 Å². The topological polar surface area (TPSA) is 6.48 Å². The fourth-order valence-electron chi connectivity index (χ4n) is 8.80. The zero-order chi connectivity index (χ0) is 40.5. The van der Waals surface area contributed by atoms with Gasteiger partial charge in [0.25, 0.3) is 0 Å². The van der Waals surface area contributed by atoms with E-state index in [0.29, 0.717) is 0 Å². The van der Waals surface area contributed by atoms with Gasteiger partial charge < -0.3 is 9.80 Å². The van der Waals surface area contributed by atoms with Crippen molar-refractivity contribution < 1.29 is 0 Å². The lowest BCUT2D eigenvalue weighted by molar-refractivity contribution is 1.28. The van der Waals surface area contributed by atoms with Crippen LogP contribution in [0, 0.1) is 0 Å². The minimum atomic E-state index is 1.10. The first-order valence-electron chi connectivity index (χ1n) is 20.8. The van der Waals surface area contributed by atoms with Gasteiger partial charge in [-0.1, -0.05) is 170 Å². The Kier molecular flexibility index (Phi) is 9.42. The van der Waals surface area contributed by atoms with E-state index in [2.05, 4.69) is 252 Å². The zero-order valence-electron chi connectivity index (χ0n) is 33.4. The molecule has 1 heterocycles. The van der Waals surface area contributed by atoms with Crippen molar-refractivity contribution in [2.24, 2.45) is 0 Å². The molecule has 0 saturated heterocycles. The number of anilines is 6. The van der Waals surface area contributed by atoms with Gasteiger partial charge in [0, 0.05) is 54.2 Å². The standard InChI is InChI=1S/C58H40N2S/c1-4-17-44(18-5-1)58-52-25-11-10-16-41(52)32-39-55(58)60(49-37-38-54-53-26-14-15-27-56(53)61-57(54)40-49)48-35-30-43(31-36-48)51-24-13-12-23-50(51)42-28-33-47(34-29-42)59(45-19-6-2-7-20-45)46-21-8-3-9-22-46/h1-40H. The van der Waals surface area contributed by atoms with Crippen LogP contribution in [0.2, 0.25) is 0 Å². The van der Waals surface area contributed by atoms with Crippen molar-refractivity contribution in [1.82, 2.24) is 0 Å².